The van der Waals surface area contributed by atoms with Crippen LogP contribution in [0, 0.1) is 0 Å². The normalized spacial score (nSPS) is 16.2. The molecule has 2 aromatic rings. The van der Waals surface area contributed by atoms with E-state index in [-0.39, 0.29) is 24.4 Å². The van der Waals surface area contributed by atoms with Crippen molar-refractivity contribution >= 4 is 40.7 Å². The van der Waals surface area contributed by atoms with Crippen molar-refractivity contribution in [3.8, 4) is 0 Å². The lowest BCUT2D eigenvalue weighted by atomic mass is 9.98. The Balaban J connectivity index is 1.98. The van der Waals surface area contributed by atoms with E-state index in [0.29, 0.717) is 22.2 Å². The lowest BCUT2D eigenvalue weighted by molar-refractivity contribution is -0.139. The number of nitrogens with zero attached hydrogens (tertiary/aromatic N) is 3. The predicted molar refractivity (Wildman–Crippen MR) is 107 cm³/mol. The van der Waals surface area contributed by atoms with Gasteiger partial charge in [0, 0.05) is 36.0 Å². The summed E-state index contributed by atoms with van der Waals surface area (Å²) in [5, 5.41) is 7.10. The average molecular weight is 404 g/mol. The van der Waals surface area contributed by atoms with E-state index >= 15 is 0 Å². The van der Waals surface area contributed by atoms with Crippen molar-refractivity contribution < 1.29 is 9.59 Å². The number of likely N-dealkylation sites (N-methyl/N-ethyl adjacent to an activating group) is 1. The molecule has 0 unspecified atom stereocenters. The highest BCUT2D eigenvalue weighted by atomic mass is 35.5. The van der Waals surface area contributed by atoms with Crippen LogP contribution >= 0.6 is 23.2 Å². The first-order valence-electron chi connectivity index (χ1n) is 8.49. The number of carbonyl (C=O) groups is 2. The summed E-state index contributed by atoms with van der Waals surface area (Å²) in [6, 6.07) is 14.4. The first-order valence-corrected chi connectivity index (χ1v) is 9.24. The number of rotatable bonds is 4. The molecule has 0 spiro atoms. The second-order valence-electron chi connectivity index (χ2n) is 6.38. The van der Waals surface area contributed by atoms with Gasteiger partial charge in [0.2, 0.25) is 5.91 Å². The van der Waals surface area contributed by atoms with Gasteiger partial charge in [-0.1, -0.05) is 59.6 Å². The van der Waals surface area contributed by atoms with Crippen LogP contribution in [0.3, 0.4) is 0 Å². The second-order valence-corrected chi connectivity index (χ2v) is 7.20. The Labute approximate surface area is 168 Å². The molecule has 2 amide bonds. The molecule has 1 heterocycles. The Hall–Kier alpha value is -2.37. The summed E-state index contributed by atoms with van der Waals surface area (Å²) >= 11 is 12.7. The van der Waals surface area contributed by atoms with Gasteiger partial charge < -0.3 is 4.90 Å². The van der Waals surface area contributed by atoms with Crippen molar-refractivity contribution in [1.82, 2.24) is 9.91 Å². The third kappa shape index (κ3) is 4.15. The van der Waals surface area contributed by atoms with Crippen LogP contribution in [0.15, 0.2) is 53.6 Å². The first-order chi connectivity index (χ1) is 12.9. The number of hydrogen-bond acceptors (Lipinski definition) is 3. The maximum atomic E-state index is 12.9. The van der Waals surface area contributed by atoms with E-state index in [1.54, 1.807) is 19.2 Å². The van der Waals surface area contributed by atoms with Gasteiger partial charge in [0.15, 0.2) is 0 Å². The zero-order valence-corrected chi connectivity index (χ0v) is 16.5. The number of carbonyl (C=O) groups excluding carboxylic acids is 2. The van der Waals surface area contributed by atoms with Crippen LogP contribution < -0.4 is 0 Å². The van der Waals surface area contributed by atoms with Crippen molar-refractivity contribution in [3.63, 3.8) is 0 Å². The zero-order chi connectivity index (χ0) is 19.6. The van der Waals surface area contributed by atoms with Crippen molar-refractivity contribution in [2.45, 2.75) is 19.4 Å². The van der Waals surface area contributed by atoms with E-state index in [1.165, 1.54) is 16.8 Å². The summed E-state index contributed by atoms with van der Waals surface area (Å²) in [5.41, 5.74) is 2.31. The van der Waals surface area contributed by atoms with Crippen LogP contribution in [0.5, 0.6) is 0 Å². The summed E-state index contributed by atoms with van der Waals surface area (Å²) in [6.45, 7) is 1.36. The smallest absolute Gasteiger partial charge is 0.262 e. The molecule has 3 rings (SSSR count). The number of benzene rings is 2. The molecule has 1 aliphatic rings. The van der Waals surface area contributed by atoms with Crippen LogP contribution in [0.1, 0.15) is 30.5 Å². The fraction of sp³-hybridized carbons (Fsp3) is 0.250. The Kier molecular flexibility index (Phi) is 5.82. The molecule has 0 aliphatic carbocycles. The maximum absolute atomic E-state index is 12.9. The molecule has 140 valence electrons. The van der Waals surface area contributed by atoms with E-state index in [0.717, 1.165) is 11.1 Å². The molecule has 1 atom stereocenters. The van der Waals surface area contributed by atoms with Gasteiger partial charge >= 0.3 is 0 Å². The molecule has 7 heteroatoms. The minimum atomic E-state index is -0.349. The van der Waals surface area contributed by atoms with E-state index < -0.39 is 0 Å². The molecule has 1 aliphatic heterocycles. The molecular weight excluding hydrogens is 385 g/mol. The molecule has 0 fully saturated rings. The summed E-state index contributed by atoms with van der Waals surface area (Å²) in [4.78, 5) is 25.7. The molecule has 0 aromatic heterocycles. The Morgan fingerprint density at radius 3 is 2.37 bits per heavy atom. The van der Waals surface area contributed by atoms with Gasteiger partial charge in [-0.15, -0.1) is 0 Å². The highest BCUT2D eigenvalue weighted by Gasteiger charge is 2.35. The molecule has 0 bridgehead atoms. The molecular formula is C20H19Cl2N3O2. The fourth-order valence-corrected chi connectivity index (χ4v) is 3.48. The standard InChI is InChI=1S/C20H19Cl2N3O2/c1-13(26)24(2)12-20(27)25-19(15-8-4-6-10-17(15)22)11-18(23-25)14-7-3-5-9-16(14)21/h3-10,19H,11-12H2,1-2H3/t19-/m0/s1. The second kappa shape index (κ2) is 8.11. The van der Waals surface area contributed by atoms with E-state index in [2.05, 4.69) is 5.10 Å². The SMILES string of the molecule is CC(=O)N(C)CC(=O)N1N=C(c2ccccc2Cl)C[C@H]1c1ccccc1Cl. The van der Waals surface area contributed by atoms with Gasteiger partial charge in [-0.3, -0.25) is 9.59 Å². The summed E-state index contributed by atoms with van der Waals surface area (Å²) in [6.07, 6.45) is 0.489. The van der Waals surface area contributed by atoms with Crippen LogP contribution in [0.4, 0.5) is 0 Å². The molecule has 2 aromatic carbocycles. The van der Waals surface area contributed by atoms with Crippen molar-refractivity contribution in [1.29, 1.82) is 0 Å². The zero-order valence-electron chi connectivity index (χ0n) is 15.0. The van der Waals surface area contributed by atoms with Crippen LogP contribution in [-0.2, 0) is 9.59 Å². The van der Waals surface area contributed by atoms with E-state index in [4.69, 9.17) is 23.2 Å². The molecule has 0 N–H and O–H groups in total. The predicted octanol–water partition coefficient (Wildman–Crippen LogP) is 4.15. The molecule has 0 saturated heterocycles. The maximum Gasteiger partial charge on any atom is 0.262 e. The van der Waals surface area contributed by atoms with Crippen LogP contribution in [0.2, 0.25) is 10.0 Å². The number of amides is 2. The lowest BCUT2D eigenvalue weighted by Crippen LogP contribution is -2.38. The summed E-state index contributed by atoms with van der Waals surface area (Å²) in [7, 11) is 1.58. The van der Waals surface area contributed by atoms with Crippen molar-refractivity contribution in [2.24, 2.45) is 5.10 Å². The Morgan fingerprint density at radius 2 is 1.74 bits per heavy atom. The molecule has 5 nitrogen and oxygen atoms in total. The monoisotopic (exact) mass is 403 g/mol. The largest absolute Gasteiger partial charge is 0.337 e. The highest BCUT2D eigenvalue weighted by molar-refractivity contribution is 6.34. The number of hydrogen-bond donors (Lipinski definition) is 0. The third-order valence-corrected chi connectivity index (χ3v) is 5.20. The van der Waals surface area contributed by atoms with E-state index in [1.807, 2.05) is 36.4 Å². The molecule has 27 heavy (non-hydrogen) atoms. The van der Waals surface area contributed by atoms with Crippen LogP contribution in [0.25, 0.3) is 0 Å². The minimum Gasteiger partial charge on any atom is -0.337 e. The van der Waals surface area contributed by atoms with Crippen molar-refractivity contribution in [3.05, 3.63) is 69.7 Å². The Morgan fingerprint density at radius 1 is 1.11 bits per heavy atom. The van der Waals surface area contributed by atoms with Gasteiger partial charge in [-0.25, -0.2) is 5.01 Å². The quantitative estimate of drug-likeness (QED) is 0.769. The minimum absolute atomic E-state index is 0.0599. The van der Waals surface area contributed by atoms with E-state index in [9.17, 15) is 9.59 Å². The highest BCUT2D eigenvalue weighted by Crippen LogP contribution is 2.37. The number of hydrazone groups is 1. The van der Waals surface area contributed by atoms with Gasteiger partial charge in [-0.2, -0.15) is 5.10 Å². The number of halogens is 2. The Bertz CT molecular complexity index is 914. The third-order valence-electron chi connectivity index (χ3n) is 4.52. The van der Waals surface area contributed by atoms with Gasteiger partial charge in [0.25, 0.3) is 5.91 Å². The lowest BCUT2D eigenvalue weighted by Gasteiger charge is -2.25. The first kappa shape index (κ1) is 19.4. The average Bonchev–Trinajstić information content (AvgIpc) is 3.07. The van der Waals surface area contributed by atoms with Gasteiger partial charge in [0.1, 0.15) is 6.54 Å². The van der Waals surface area contributed by atoms with Crippen molar-refractivity contribution in [2.75, 3.05) is 13.6 Å². The molecule has 0 saturated carbocycles. The van der Waals surface area contributed by atoms with Gasteiger partial charge in [-0.05, 0) is 17.7 Å². The topological polar surface area (TPSA) is 53.0 Å². The summed E-state index contributed by atoms with van der Waals surface area (Å²) in [5.74, 6) is -0.466. The fourth-order valence-electron chi connectivity index (χ4n) is 2.97. The summed E-state index contributed by atoms with van der Waals surface area (Å²) < 4.78 is 0. The molecule has 0 radical (unpaired) electrons. The van der Waals surface area contributed by atoms with Crippen LogP contribution in [-0.4, -0.2) is 41.0 Å². The van der Waals surface area contributed by atoms with Gasteiger partial charge in [0.05, 0.1) is 11.8 Å².